The van der Waals surface area contributed by atoms with Crippen molar-refractivity contribution in [2.45, 2.75) is 25.5 Å². The molecule has 1 aromatic carbocycles. The largest absolute Gasteiger partial charge is 0.488 e. The Hall–Kier alpha value is -0.780. The lowest BCUT2D eigenvalue weighted by Crippen LogP contribution is -2.18. The van der Waals surface area contributed by atoms with E-state index in [-0.39, 0.29) is 23.7 Å². The van der Waals surface area contributed by atoms with Gasteiger partial charge in [-0.2, -0.15) is 0 Å². The van der Waals surface area contributed by atoms with E-state index in [1.807, 2.05) is 26.1 Å². The normalized spacial score (nSPS) is 23.2. The van der Waals surface area contributed by atoms with Crippen LogP contribution >= 0.6 is 11.6 Å². The van der Waals surface area contributed by atoms with Gasteiger partial charge >= 0.3 is 0 Å². The summed E-state index contributed by atoms with van der Waals surface area (Å²) in [6, 6.07) is 5.79. The molecule has 1 aromatic rings. The maximum absolute atomic E-state index is 11.4. The third-order valence-corrected chi connectivity index (χ3v) is 5.41. The van der Waals surface area contributed by atoms with Gasteiger partial charge in [0.2, 0.25) is 0 Å². The second-order valence-corrected chi connectivity index (χ2v) is 7.48. The summed E-state index contributed by atoms with van der Waals surface area (Å²) in [7, 11) is -1.05. The standard InChI is InChI=1S/C13H18ClNO3S/c1-9(15-2)10-3-4-13(12(14)7-10)18-11-5-6-19(16,17)8-11/h3-4,7,9,11,15H,5-6,8H2,1-2H3. The topological polar surface area (TPSA) is 55.4 Å². The SMILES string of the molecule is CNC(C)c1ccc(OC2CCS(=O)(=O)C2)c(Cl)c1. The van der Waals surface area contributed by atoms with E-state index in [0.29, 0.717) is 17.2 Å². The van der Waals surface area contributed by atoms with Crippen molar-refractivity contribution in [1.29, 1.82) is 0 Å². The van der Waals surface area contributed by atoms with Crippen LogP contribution in [0.25, 0.3) is 0 Å². The van der Waals surface area contributed by atoms with Crippen LogP contribution in [0.3, 0.4) is 0 Å². The van der Waals surface area contributed by atoms with Gasteiger partial charge in [0.15, 0.2) is 9.84 Å². The summed E-state index contributed by atoms with van der Waals surface area (Å²) in [5.41, 5.74) is 1.07. The van der Waals surface area contributed by atoms with Crippen molar-refractivity contribution >= 4 is 21.4 Å². The highest BCUT2D eigenvalue weighted by Crippen LogP contribution is 2.30. The highest BCUT2D eigenvalue weighted by atomic mass is 35.5. The zero-order valence-corrected chi connectivity index (χ0v) is 12.6. The number of rotatable bonds is 4. The molecule has 0 radical (unpaired) electrons. The molecular weight excluding hydrogens is 286 g/mol. The molecule has 1 saturated heterocycles. The first-order chi connectivity index (χ1) is 8.91. The van der Waals surface area contributed by atoms with Gasteiger partial charge < -0.3 is 10.1 Å². The lowest BCUT2D eigenvalue weighted by atomic mass is 10.1. The Balaban J connectivity index is 2.10. The van der Waals surface area contributed by atoms with E-state index in [4.69, 9.17) is 16.3 Å². The molecule has 1 heterocycles. The predicted octanol–water partition coefficient (Wildman–Crippen LogP) is 2.19. The Morgan fingerprint density at radius 1 is 1.47 bits per heavy atom. The highest BCUT2D eigenvalue weighted by Gasteiger charge is 2.29. The first-order valence-corrected chi connectivity index (χ1v) is 8.45. The van der Waals surface area contributed by atoms with Gasteiger partial charge in [0, 0.05) is 6.04 Å². The minimum atomic E-state index is -2.93. The molecule has 0 bridgehead atoms. The maximum atomic E-state index is 11.4. The summed E-state index contributed by atoms with van der Waals surface area (Å²) >= 11 is 6.18. The molecule has 1 fully saturated rings. The lowest BCUT2D eigenvalue weighted by Gasteiger charge is -2.16. The van der Waals surface area contributed by atoms with Crippen molar-refractivity contribution in [2.24, 2.45) is 0 Å². The first-order valence-electron chi connectivity index (χ1n) is 6.25. The smallest absolute Gasteiger partial charge is 0.154 e. The summed E-state index contributed by atoms with van der Waals surface area (Å²) in [6.45, 7) is 2.04. The van der Waals surface area contributed by atoms with Gasteiger partial charge in [-0.15, -0.1) is 0 Å². The van der Waals surface area contributed by atoms with E-state index in [1.54, 1.807) is 6.07 Å². The molecule has 19 heavy (non-hydrogen) atoms. The number of nitrogens with one attached hydrogen (secondary N) is 1. The van der Waals surface area contributed by atoms with Crippen LogP contribution in [0.1, 0.15) is 24.9 Å². The van der Waals surface area contributed by atoms with Gasteiger partial charge in [0.05, 0.1) is 16.5 Å². The van der Waals surface area contributed by atoms with Gasteiger partial charge in [-0.3, -0.25) is 0 Å². The average Bonchev–Trinajstić information content (AvgIpc) is 2.70. The highest BCUT2D eigenvalue weighted by molar-refractivity contribution is 7.91. The van der Waals surface area contributed by atoms with Crippen LogP contribution in [0.4, 0.5) is 0 Å². The minimum absolute atomic E-state index is 0.0813. The Kier molecular flexibility index (Phi) is 4.38. The summed E-state index contributed by atoms with van der Waals surface area (Å²) in [6.07, 6.45) is 0.253. The van der Waals surface area contributed by atoms with Crippen LogP contribution in [0.15, 0.2) is 18.2 Å². The fraction of sp³-hybridized carbons (Fsp3) is 0.538. The van der Waals surface area contributed by atoms with Crippen LogP contribution in [-0.2, 0) is 9.84 Å². The summed E-state index contributed by atoms with van der Waals surface area (Å²) in [5, 5.41) is 3.65. The van der Waals surface area contributed by atoms with Gasteiger partial charge in [0.1, 0.15) is 11.9 Å². The molecular formula is C13H18ClNO3S. The molecule has 0 saturated carbocycles. The van der Waals surface area contributed by atoms with E-state index in [9.17, 15) is 8.42 Å². The van der Waals surface area contributed by atoms with Gasteiger partial charge in [-0.25, -0.2) is 8.42 Å². The minimum Gasteiger partial charge on any atom is -0.488 e. The van der Waals surface area contributed by atoms with Crippen LogP contribution < -0.4 is 10.1 Å². The monoisotopic (exact) mass is 303 g/mol. The van der Waals surface area contributed by atoms with Crippen molar-refractivity contribution in [3.05, 3.63) is 28.8 Å². The van der Waals surface area contributed by atoms with Crippen LogP contribution in [-0.4, -0.2) is 33.1 Å². The molecule has 2 rings (SSSR count). The van der Waals surface area contributed by atoms with Crippen molar-refractivity contribution in [3.63, 3.8) is 0 Å². The van der Waals surface area contributed by atoms with Crippen LogP contribution in [0, 0.1) is 0 Å². The Morgan fingerprint density at radius 3 is 2.74 bits per heavy atom. The van der Waals surface area contributed by atoms with Crippen molar-refractivity contribution in [3.8, 4) is 5.75 Å². The number of hydrogen-bond donors (Lipinski definition) is 1. The fourth-order valence-corrected chi connectivity index (χ4v) is 3.91. The summed E-state index contributed by atoms with van der Waals surface area (Å²) in [4.78, 5) is 0. The zero-order valence-electron chi connectivity index (χ0n) is 11.0. The molecule has 0 aliphatic carbocycles. The van der Waals surface area contributed by atoms with E-state index in [1.165, 1.54) is 0 Å². The molecule has 4 nitrogen and oxygen atoms in total. The molecule has 0 spiro atoms. The molecule has 1 aliphatic heterocycles. The third kappa shape index (κ3) is 3.61. The molecule has 1 N–H and O–H groups in total. The molecule has 6 heteroatoms. The third-order valence-electron chi connectivity index (χ3n) is 3.37. The second-order valence-electron chi connectivity index (χ2n) is 4.84. The second kappa shape index (κ2) is 5.69. The Bertz CT molecular complexity index is 559. The molecule has 2 atom stereocenters. The van der Waals surface area contributed by atoms with Gasteiger partial charge in [0.25, 0.3) is 0 Å². The molecule has 0 aromatic heterocycles. The fourth-order valence-electron chi connectivity index (χ4n) is 2.08. The number of sulfone groups is 1. The molecule has 0 amide bonds. The summed E-state index contributed by atoms with van der Waals surface area (Å²) in [5.74, 6) is 0.832. The van der Waals surface area contributed by atoms with E-state index >= 15 is 0 Å². The quantitative estimate of drug-likeness (QED) is 0.926. The van der Waals surface area contributed by atoms with Gasteiger partial charge in [-0.05, 0) is 38.1 Å². The van der Waals surface area contributed by atoms with E-state index < -0.39 is 9.84 Å². The van der Waals surface area contributed by atoms with E-state index in [2.05, 4.69) is 5.32 Å². The van der Waals surface area contributed by atoms with Gasteiger partial charge in [-0.1, -0.05) is 17.7 Å². The molecule has 106 valence electrons. The maximum Gasteiger partial charge on any atom is 0.154 e. The average molecular weight is 304 g/mol. The summed E-state index contributed by atoms with van der Waals surface area (Å²) < 4.78 is 28.4. The van der Waals surface area contributed by atoms with Crippen LogP contribution in [0.2, 0.25) is 5.02 Å². The Labute approximate surface area is 119 Å². The van der Waals surface area contributed by atoms with Crippen molar-refractivity contribution in [1.82, 2.24) is 5.32 Å². The number of halogens is 1. The van der Waals surface area contributed by atoms with Crippen molar-refractivity contribution < 1.29 is 13.2 Å². The number of ether oxygens (including phenoxy) is 1. The van der Waals surface area contributed by atoms with Crippen LogP contribution in [0.5, 0.6) is 5.75 Å². The number of hydrogen-bond acceptors (Lipinski definition) is 4. The molecule has 2 unspecified atom stereocenters. The first kappa shape index (κ1) is 14.6. The predicted molar refractivity (Wildman–Crippen MR) is 76.6 cm³/mol. The Morgan fingerprint density at radius 2 is 2.21 bits per heavy atom. The van der Waals surface area contributed by atoms with Crippen molar-refractivity contribution in [2.75, 3.05) is 18.6 Å². The van der Waals surface area contributed by atoms with E-state index in [0.717, 1.165) is 5.56 Å². The number of benzene rings is 1. The lowest BCUT2D eigenvalue weighted by molar-refractivity contribution is 0.229. The molecule has 1 aliphatic rings. The zero-order chi connectivity index (χ0) is 14.0.